The topological polar surface area (TPSA) is 60.9 Å². The van der Waals surface area contributed by atoms with E-state index in [-0.39, 0.29) is 11.8 Å². The Kier molecular flexibility index (Phi) is 5.62. The maximum atomic E-state index is 12.5. The molecule has 2 atom stereocenters. The number of carboxylic acids is 1. The molecule has 1 saturated carbocycles. The first-order valence-electron chi connectivity index (χ1n) is 8.23. The fraction of sp³-hybridized carbons (Fsp3) is 0.875. The molecule has 120 valence electrons. The number of piperazine rings is 1. The first kappa shape index (κ1) is 16.3. The fourth-order valence-electron chi connectivity index (χ4n) is 3.42. The molecule has 21 heavy (non-hydrogen) atoms. The van der Waals surface area contributed by atoms with Gasteiger partial charge >= 0.3 is 5.97 Å². The number of hydrogen-bond donors (Lipinski definition) is 1. The van der Waals surface area contributed by atoms with E-state index in [9.17, 15) is 14.7 Å². The Bertz CT molecular complexity index is 376. The summed E-state index contributed by atoms with van der Waals surface area (Å²) in [7, 11) is 0. The number of carboxylic acid groups (broad SMARTS) is 1. The lowest BCUT2D eigenvalue weighted by Crippen LogP contribution is -2.51. The third kappa shape index (κ3) is 4.19. The van der Waals surface area contributed by atoms with Crippen LogP contribution in [0, 0.1) is 17.8 Å². The Morgan fingerprint density at radius 1 is 1.10 bits per heavy atom. The van der Waals surface area contributed by atoms with Gasteiger partial charge in [0.05, 0.1) is 11.8 Å². The van der Waals surface area contributed by atoms with E-state index in [0.29, 0.717) is 12.3 Å². The van der Waals surface area contributed by atoms with Gasteiger partial charge in [-0.25, -0.2) is 0 Å². The summed E-state index contributed by atoms with van der Waals surface area (Å²) >= 11 is 0. The second kappa shape index (κ2) is 7.25. The predicted molar refractivity (Wildman–Crippen MR) is 80.9 cm³/mol. The van der Waals surface area contributed by atoms with Crippen molar-refractivity contribution in [2.24, 2.45) is 17.8 Å². The molecule has 0 aromatic heterocycles. The molecular weight excluding hydrogens is 268 g/mol. The predicted octanol–water partition coefficient (Wildman–Crippen LogP) is 1.68. The van der Waals surface area contributed by atoms with Gasteiger partial charge in [-0.15, -0.1) is 0 Å². The summed E-state index contributed by atoms with van der Waals surface area (Å²) in [6, 6.07) is 0. The van der Waals surface area contributed by atoms with Crippen molar-refractivity contribution in [1.82, 2.24) is 9.80 Å². The van der Waals surface area contributed by atoms with Crippen LogP contribution in [-0.4, -0.2) is 59.5 Å². The Morgan fingerprint density at radius 3 is 2.29 bits per heavy atom. The SMILES string of the molecule is CC(C)CCN1CCN(C(=O)C2CCCC2C(=O)O)CC1. The van der Waals surface area contributed by atoms with Crippen molar-refractivity contribution >= 4 is 11.9 Å². The molecule has 1 aliphatic carbocycles. The molecule has 5 nitrogen and oxygen atoms in total. The van der Waals surface area contributed by atoms with Crippen LogP contribution in [0.4, 0.5) is 0 Å². The van der Waals surface area contributed by atoms with E-state index < -0.39 is 11.9 Å². The van der Waals surface area contributed by atoms with Crippen molar-refractivity contribution in [3.63, 3.8) is 0 Å². The molecule has 2 aliphatic rings. The van der Waals surface area contributed by atoms with E-state index >= 15 is 0 Å². The largest absolute Gasteiger partial charge is 0.481 e. The molecule has 1 amide bonds. The Labute approximate surface area is 127 Å². The lowest BCUT2D eigenvalue weighted by molar-refractivity contribution is -0.149. The minimum absolute atomic E-state index is 0.0726. The summed E-state index contributed by atoms with van der Waals surface area (Å²) in [5.41, 5.74) is 0. The van der Waals surface area contributed by atoms with Crippen molar-refractivity contribution in [3.05, 3.63) is 0 Å². The molecule has 5 heteroatoms. The van der Waals surface area contributed by atoms with Crippen LogP contribution in [-0.2, 0) is 9.59 Å². The second-order valence-corrected chi connectivity index (χ2v) is 6.83. The molecule has 0 aromatic rings. The fourth-order valence-corrected chi connectivity index (χ4v) is 3.42. The molecule has 1 saturated heterocycles. The zero-order valence-corrected chi connectivity index (χ0v) is 13.3. The average molecular weight is 296 g/mol. The molecule has 0 bridgehead atoms. The van der Waals surface area contributed by atoms with Gasteiger partial charge in [-0.3, -0.25) is 14.5 Å². The number of aliphatic carboxylic acids is 1. The van der Waals surface area contributed by atoms with Crippen molar-refractivity contribution in [3.8, 4) is 0 Å². The minimum Gasteiger partial charge on any atom is -0.481 e. The molecule has 1 aliphatic heterocycles. The lowest BCUT2D eigenvalue weighted by Gasteiger charge is -2.36. The molecule has 0 spiro atoms. The van der Waals surface area contributed by atoms with Crippen molar-refractivity contribution in [1.29, 1.82) is 0 Å². The number of nitrogens with zero attached hydrogens (tertiary/aromatic N) is 2. The van der Waals surface area contributed by atoms with Gasteiger partial charge in [0.25, 0.3) is 0 Å². The monoisotopic (exact) mass is 296 g/mol. The Hall–Kier alpha value is -1.10. The highest BCUT2D eigenvalue weighted by molar-refractivity contribution is 5.85. The lowest BCUT2D eigenvalue weighted by atomic mass is 9.94. The number of carbonyl (C=O) groups is 2. The number of hydrogen-bond acceptors (Lipinski definition) is 3. The van der Waals surface area contributed by atoms with E-state index in [4.69, 9.17) is 0 Å². The number of rotatable bonds is 5. The van der Waals surface area contributed by atoms with Gasteiger partial charge in [0, 0.05) is 26.2 Å². The summed E-state index contributed by atoms with van der Waals surface area (Å²) in [4.78, 5) is 28.0. The quantitative estimate of drug-likeness (QED) is 0.838. The van der Waals surface area contributed by atoms with Crippen LogP contribution < -0.4 is 0 Å². The zero-order valence-electron chi connectivity index (χ0n) is 13.3. The van der Waals surface area contributed by atoms with Crippen molar-refractivity contribution in [2.75, 3.05) is 32.7 Å². The van der Waals surface area contributed by atoms with E-state index in [1.165, 1.54) is 6.42 Å². The van der Waals surface area contributed by atoms with Gasteiger partial charge in [0.2, 0.25) is 5.91 Å². The van der Waals surface area contributed by atoms with Crippen molar-refractivity contribution in [2.45, 2.75) is 39.5 Å². The average Bonchev–Trinajstić information content (AvgIpc) is 2.94. The highest BCUT2D eigenvalue weighted by Gasteiger charge is 2.40. The van der Waals surface area contributed by atoms with Gasteiger partial charge in [0.15, 0.2) is 0 Å². The Morgan fingerprint density at radius 2 is 1.71 bits per heavy atom. The molecule has 1 N–H and O–H groups in total. The van der Waals surface area contributed by atoms with E-state index in [0.717, 1.165) is 45.6 Å². The number of carbonyl (C=O) groups excluding carboxylic acids is 1. The maximum absolute atomic E-state index is 12.5. The van der Waals surface area contributed by atoms with Crippen LogP contribution in [0.3, 0.4) is 0 Å². The van der Waals surface area contributed by atoms with E-state index in [1.54, 1.807) is 0 Å². The molecule has 0 aromatic carbocycles. The standard InChI is InChI=1S/C16H28N2O3/c1-12(2)6-7-17-8-10-18(11-9-17)15(19)13-4-3-5-14(13)16(20)21/h12-14H,3-11H2,1-2H3,(H,20,21). The second-order valence-electron chi connectivity index (χ2n) is 6.83. The van der Waals surface area contributed by atoms with E-state index in [1.807, 2.05) is 4.90 Å². The number of amides is 1. The van der Waals surface area contributed by atoms with Crippen LogP contribution in [0.2, 0.25) is 0 Å². The summed E-state index contributed by atoms with van der Waals surface area (Å²) in [5.74, 6) is -0.773. The first-order chi connectivity index (χ1) is 9.99. The molecule has 2 fully saturated rings. The highest BCUT2D eigenvalue weighted by Crippen LogP contribution is 2.33. The Balaban J connectivity index is 1.81. The highest BCUT2D eigenvalue weighted by atomic mass is 16.4. The molecule has 2 unspecified atom stereocenters. The van der Waals surface area contributed by atoms with Gasteiger partial charge < -0.3 is 10.0 Å². The van der Waals surface area contributed by atoms with E-state index in [2.05, 4.69) is 18.7 Å². The van der Waals surface area contributed by atoms with Crippen LogP contribution in [0.25, 0.3) is 0 Å². The van der Waals surface area contributed by atoms with Crippen LogP contribution in [0.15, 0.2) is 0 Å². The molecule has 0 radical (unpaired) electrons. The van der Waals surface area contributed by atoms with Crippen LogP contribution in [0.5, 0.6) is 0 Å². The van der Waals surface area contributed by atoms with Gasteiger partial charge in [-0.05, 0) is 31.7 Å². The molecular formula is C16H28N2O3. The third-order valence-corrected chi connectivity index (χ3v) is 4.86. The van der Waals surface area contributed by atoms with Crippen LogP contribution in [0.1, 0.15) is 39.5 Å². The molecule has 2 rings (SSSR count). The minimum atomic E-state index is -0.804. The maximum Gasteiger partial charge on any atom is 0.307 e. The van der Waals surface area contributed by atoms with Crippen molar-refractivity contribution < 1.29 is 14.7 Å². The third-order valence-electron chi connectivity index (χ3n) is 4.86. The van der Waals surface area contributed by atoms with Gasteiger partial charge in [-0.2, -0.15) is 0 Å². The van der Waals surface area contributed by atoms with Crippen LogP contribution >= 0.6 is 0 Å². The summed E-state index contributed by atoms with van der Waals surface area (Å²) < 4.78 is 0. The smallest absolute Gasteiger partial charge is 0.307 e. The summed E-state index contributed by atoms with van der Waals surface area (Å²) in [6.07, 6.45) is 3.45. The zero-order chi connectivity index (χ0) is 15.4. The van der Waals surface area contributed by atoms with Gasteiger partial charge in [0.1, 0.15) is 0 Å². The molecule has 1 heterocycles. The normalized spacial score (nSPS) is 27.3. The first-order valence-corrected chi connectivity index (χ1v) is 8.23. The van der Waals surface area contributed by atoms with Gasteiger partial charge in [-0.1, -0.05) is 20.3 Å². The summed E-state index contributed by atoms with van der Waals surface area (Å²) in [6.45, 7) is 8.89. The summed E-state index contributed by atoms with van der Waals surface area (Å²) in [5, 5.41) is 9.22.